The van der Waals surface area contributed by atoms with Crippen molar-refractivity contribution >= 4 is 10.0 Å². The van der Waals surface area contributed by atoms with E-state index in [0.29, 0.717) is 18.0 Å². The lowest BCUT2D eigenvalue weighted by Crippen LogP contribution is -2.51. The van der Waals surface area contributed by atoms with Crippen molar-refractivity contribution in [2.45, 2.75) is 43.9 Å². The van der Waals surface area contributed by atoms with Crippen molar-refractivity contribution < 1.29 is 12.9 Å². The van der Waals surface area contributed by atoms with Crippen LogP contribution < -0.4 is 10.5 Å². The SMILES string of the molecule is Cc1cc(CS(=O)(=O)NC2(CN)CCCC2)no1. The highest BCUT2D eigenvalue weighted by molar-refractivity contribution is 7.88. The largest absolute Gasteiger partial charge is 0.361 e. The maximum Gasteiger partial charge on any atom is 0.218 e. The summed E-state index contributed by atoms with van der Waals surface area (Å²) in [7, 11) is -3.43. The van der Waals surface area contributed by atoms with Gasteiger partial charge in [0, 0.05) is 18.2 Å². The molecule has 0 bridgehead atoms. The molecule has 0 unspecified atom stereocenters. The van der Waals surface area contributed by atoms with Crippen molar-refractivity contribution in [2.24, 2.45) is 5.73 Å². The van der Waals surface area contributed by atoms with E-state index in [9.17, 15) is 8.42 Å². The molecule has 1 heterocycles. The van der Waals surface area contributed by atoms with Gasteiger partial charge in [0.2, 0.25) is 10.0 Å². The molecular weight excluding hydrogens is 254 g/mol. The Bertz CT molecular complexity index is 503. The fourth-order valence-corrected chi connectivity index (χ4v) is 3.99. The zero-order valence-corrected chi connectivity index (χ0v) is 11.3. The standard InChI is InChI=1S/C11H19N3O3S/c1-9-6-10(13-17-9)7-18(15,16)14-11(8-12)4-2-3-5-11/h6,14H,2-5,7-8,12H2,1H3. The van der Waals surface area contributed by atoms with Crippen molar-refractivity contribution in [3.63, 3.8) is 0 Å². The molecule has 1 saturated carbocycles. The molecule has 18 heavy (non-hydrogen) atoms. The fourth-order valence-electron chi connectivity index (χ4n) is 2.45. The average Bonchev–Trinajstić information content (AvgIpc) is 2.88. The van der Waals surface area contributed by atoms with Gasteiger partial charge >= 0.3 is 0 Å². The number of nitrogens with zero attached hydrogens (tertiary/aromatic N) is 1. The minimum atomic E-state index is -3.43. The number of hydrogen-bond donors (Lipinski definition) is 2. The molecule has 1 aromatic heterocycles. The number of sulfonamides is 1. The van der Waals surface area contributed by atoms with Crippen molar-refractivity contribution in [2.75, 3.05) is 6.54 Å². The second kappa shape index (κ2) is 4.99. The molecule has 0 aromatic carbocycles. The van der Waals surface area contributed by atoms with Crippen molar-refractivity contribution in [1.82, 2.24) is 9.88 Å². The Kier molecular flexibility index (Phi) is 3.74. The van der Waals surface area contributed by atoms with Crippen LogP contribution in [-0.2, 0) is 15.8 Å². The number of rotatable bonds is 5. The van der Waals surface area contributed by atoms with Crippen LogP contribution in [0.5, 0.6) is 0 Å². The predicted octanol–water partition coefficient (Wildman–Crippen LogP) is 0.674. The van der Waals surface area contributed by atoms with Gasteiger partial charge in [0.05, 0.1) is 0 Å². The van der Waals surface area contributed by atoms with Crippen molar-refractivity contribution in [3.8, 4) is 0 Å². The van der Waals surface area contributed by atoms with E-state index >= 15 is 0 Å². The van der Waals surface area contributed by atoms with Crippen LogP contribution in [0.4, 0.5) is 0 Å². The second-order valence-electron chi connectivity index (χ2n) is 4.98. The highest BCUT2D eigenvalue weighted by Crippen LogP contribution is 2.29. The third-order valence-corrected chi connectivity index (χ3v) is 4.76. The summed E-state index contributed by atoms with van der Waals surface area (Å²) in [5.41, 5.74) is 5.67. The van der Waals surface area contributed by atoms with E-state index in [4.69, 9.17) is 10.3 Å². The number of nitrogens with one attached hydrogen (secondary N) is 1. The summed E-state index contributed by atoms with van der Waals surface area (Å²) in [6.07, 6.45) is 3.65. The lowest BCUT2D eigenvalue weighted by Gasteiger charge is -2.28. The minimum Gasteiger partial charge on any atom is -0.361 e. The second-order valence-corrected chi connectivity index (χ2v) is 6.70. The van der Waals surface area contributed by atoms with Gasteiger partial charge in [-0.2, -0.15) is 0 Å². The van der Waals surface area contributed by atoms with Crippen LogP contribution in [0.1, 0.15) is 37.1 Å². The Morgan fingerprint density at radius 1 is 1.50 bits per heavy atom. The lowest BCUT2D eigenvalue weighted by atomic mass is 10.0. The molecule has 1 aromatic rings. The molecule has 1 aliphatic carbocycles. The summed E-state index contributed by atoms with van der Waals surface area (Å²) in [4.78, 5) is 0. The maximum absolute atomic E-state index is 12.1. The van der Waals surface area contributed by atoms with E-state index in [1.165, 1.54) is 0 Å². The molecule has 0 aliphatic heterocycles. The van der Waals surface area contributed by atoms with E-state index in [0.717, 1.165) is 25.7 Å². The van der Waals surface area contributed by atoms with E-state index in [2.05, 4.69) is 9.88 Å². The first-order valence-electron chi connectivity index (χ1n) is 6.09. The molecular formula is C11H19N3O3S. The van der Waals surface area contributed by atoms with Gasteiger partial charge in [0.15, 0.2) is 0 Å². The van der Waals surface area contributed by atoms with E-state index in [-0.39, 0.29) is 5.75 Å². The van der Waals surface area contributed by atoms with Gasteiger partial charge in [-0.05, 0) is 19.8 Å². The van der Waals surface area contributed by atoms with Gasteiger partial charge in [-0.15, -0.1) is 0 Å². The summed E-state index contributed by atoms with van der Waals surface area (Å²) in [6, 6.07) is 1.63. The maximum atomic E-state index is 12.1. The smallest absolute Gasteiger partial charge is 0.218 e. The number of aryl methyl sites for hydroxylation is 1. The Hall–Kier alpha value is -0.920. The molecule has 0 saturated heterocycles. The van der Waals surface area contributed by atoms with Gasteiger partial charge in [-0.3, -0.25) is 0 Å². The topological polar surface area (TPSA) is 98.2 Å². The average molecular weight is 273 g/mol. The summed E-state index contributed by atoms with van der Waals surface area (Å²) in [6.45, 7) is 2.07. The summed E-state index contributed by atoms with van der Waals surface area (Å²) in [5, 5.41) is 3.70. The molecule has 0 amide bonds. The first-order valence-corrected chi connectivity index (χ1v) is 7.74. The fraction of sp³-hybridized carbons (Fsp3) is 0.727. The van der Waals surface area contributed by atoms with Gasteiger partial charge < -0.3 is 10.3 Å². The zero-order valence-electron chi connectivity index (χ0n) is 10.5. The Morgan fingerprint density at radius 2 is 2.17 bits per heavy atom. The van der Waals surface area contributed by atoms with Gasteiger partial charge in [-0.25, -0.2) is 13.1 Å². The first-order chi connectivity index (χ1) is 8.45. The van der Waals surface area contributed by atoms with Crippen LogP contribution in [0.2, 0.25) is 0 Å². The molecule has 0 atom stereocenters. The van der Waals surface area contributed by atoms with Crippen LogP contribution >= 0.6 is 0 Å². The molecule has 1 aliphatic rings. The monoisotopic (exact) mass is 273 g/mol. The van der Waals surface area contributed by atoms with Crippen molar-refractivity contribution in [3.05, 3.63) is 17.5 Å². The minimum absolute atomic E-state index is 0.161. The summed E-state index contributed by atoms with van der Waals surface area (Å²) in [5.74, 6) is 0.445. The number of hydrogen-bond acceptors (Lipinski definition) is 5. The van der Waals surface area contributed by atoms with Crippen molar-refractivity contribution in [1.29, 1.82) is 0 Å². The summed E-state index contributed by atoms with van der Waals surface area (Å²) >= 11 is 0. The number of nitrogens with two attached hydrogens (primary N) is 1. The molecule has 0 spiro atoms. The Balaban J connectivity index is 2.07. The summed E-state index contributed by atoms with van der Waals surface area (Å²) < 4.78 is 31.8. The molecule has 2 rings (SSSR count). The molecule has 6 nitrogen and oxygen atoms in total. The molecule has 1 fully saturated rings. The van der Waals surface area contributed by atoms with Crippen LogP contribution in [0.3, 0.4) is 0 Å². The lowest BCUT2D eigenvalue weighted by molar-refractivity contribution is 0.388. The van der Waals surface area contributed by atoms with E-state index in [1.807, 2.05) is 0 Å². The molecule has 3 N–H and O–H groups in total. The third-order valence-electron chi connectivity index (χ3n) is 3.34. The van der Waals surface area contributed by atoms with Crippen LogP contribution in [0.25, 0.3) is 0 Å². The van der Waals surface area contributed by atoms with E-state index < -0.39 is 15.6 Å². The molecule has 102 valence electrons. The highest BCUT2D eigenvalue weighted by Gasteiger charge is 2.36. The third kappa shape index (κ3) is 3.09. The zero-order chi connectivity index (χ0) is 13.2. The molecule has 7 heteroatoms. The van der Waals surface area contributed by atoms with Gasteiger partial charge in [-0.1, -0.05) is 18.0 Å². The van der Waals surface area contributed by atoms with Crippen LogP contribution in [-0.4, -0.2) is 25.7 Å². The molecule has 0 radical (unpaired) electrons. The quantitative estimate of drug-likeness (QED) is 0.821. The predicted molar refractivity (Wildman–Crippen MR) is 67.3 cm³/mol. The van der Waals surface area contributed by atoms with E-state index in [1.54, 1.807) is 13.0 Å². The van der Waals surface area contributed by atoms with Crippen LogP contribution in [0, 0.1) is 6.92 Å². The van der Waals surface area contributed by atoms with Gasteiger partial charge in [0.1, 0.15) is 17.2 Å². The Labute approximate surface area is 107 Å². The van der Waals surface area contributed by atoms with Gasteiger partial charge in [0.25, 0.3) is 0 Å². The normalized spacial score (nSPS) is 19.2. The Morgan fingerprint density at radius 3 is 2.67 bits per heavy atom. The first kappa shape index (κ1) is 13.5. The number of aromatic nitrogens is 1. The van der Waals surface area contributed by atoms with Crippen LogP contribution in [0.15, 0.2) is 10.6 Å². The highest BCUT2D eigenvalue weighted by atomic mass is 32.2.